The molecule has 0 radical (unpaired) electrons. The molecule has 1 aromatic carbocycles. The van der Waals surface area contributed by atoms with E-state index in [1.165, 1.54) is 10.4 Å². The van der Waals surface area contributed by atoms with Gasteiger partial charge in [0.1, 0.15) is 0 Å². The fraction of sp³-hybridized carbons (Fsp3) is 0.214. The predicted molar refractivity (Wildman–Crippen MR) is 86.9 cm³/mol. The van der Waals surface area contributed by atoms with Crippen molar-refractivity contribution in [1.29, 1.82) is 0 Å². The molecule has 0 aliphatic carbocycles. The van der Waals surface area contributed by atoms with Gasteiger partial charge in [-0.05, 0) is 39.7 Å². The Bertz CT molecular complexity index is 565. The number of rotatable bonds is 4. The van der Waals surface area contributed by atoms with Gasteiger partial charge in [-0.2, -0.15) is 0 Å². The number of halogens is 2. The third-order valence-corrected chi connectivity index (χ3v) is 5.05. The lowest BCUT2D eigenvalue weighted by molar-refractivity contribution is 0.0786. The minimum Gasteiger partial charge on any atom is -0.337 e. The summed E-state index contributed by atoms with van der Waals surface area (Å²) in [5.41, 5.74) is 1.89. The molecule has 0 fully saturated rings. The Hall–Kier alpha value is -0.650. The Morgan fingerprint density at radius 2 is 2.00 bits per heavy atom. The highest BCUT2D eigenvalue weighted by molar-refractivity contribution is 9.10. The first kappa shape index (κ1) is 14.8. The molecule has 0 saturated heterocycles. The molecule has 0 atom stereocenters. The summed E-state index contributed by atoms with van der Waals surface area (Å²) in [6, 6.07) is 9.73. The van der Waals surface area contributed by atoms with E-state index in [-0.39, 0.29) is 5.91 Å². The van der Waals surface area contributed by atoms with Crippen LogP contribution in [-0.4, -0.2) is 17.9 Å². The maximum atomic E-state index is 12.3. The largest absolute Gasteiger partial charge is 0.337 e. The number of hydrogen-bond acceptors (Lipinski definition) is 2. The van der Waals surface area contributed by atoms with Crippen LogP contribution in [0.25, 0.3) is 0 Å². The fourth-order valence-electron chi connectivity index (χ4n) is 1.70. The molecule has 0 N–H and O–H groups in total. The summed E-state index contributed by atoms with van der Waals surface area (Å²) in [5, 5.41) is 2.83. The molecule has 2 rings (SSSR count). The first-order valence-corrected chi connectivity index (χ1v) is 8.53. The molecule has 100 valence electrons. The summed E-state index contributed by atoms with van der Waals surface area (Å²) in [4.78, 5) is 15.2. The number of carbonyl (C=O) groups excluding carboxylic acids is 1. The molecule has 0 aliphatic heterocycles. The van der Waals surface area contributed by atoms with Crippen LogP contribution in [0, 0.1) is 0 Å². The summed E-state index contributed by atoms with van der Waals surface area (Å²) in [5.74, 6) is 0.0469. The molecule has 0 saturated carbocycles. The van der Waals surface area contributed by atoms with Crippen molar-refractivity contribution in [1.82, 2.24) is 4.90 Å². The molecule has 2 nitrogen and oxygen atoms in total. The molecule has 19 heavy (non-hydrogen) atoms. The molecule has 1 aromatic heterocycles. The molecule has 0 aliphatic rings. The quantitative estimate of drug-likeness (QED) is 0.680. The molecular formula is C14H13Br2NOS. The summed E-state index contributed by atoms with van der Waals surface area (Å²) in [6.45, 7) is 0.634. The highest BCUT2D eigenvalue weighted by Crippen LogP contribution is 2.21. The van der Waals surface area contributed by atoms with Crippen molar-refractivity contribution < 1.29 is 4.79 Å². The fourth-order valence-corrected chi connectivity index (χ4v) is 3.58. The maximum absolute atomic E-state index is 12.3. The van der Waals surface area contributed by atoms with E-state index in [0.29, 0.717) is 6.54 Å². The van der Waals surface area contributed by atoms with Crippen LogP contribution < -0.4 is 0 Å². The van der Waals surface area contributed by atoms with Crippen molar-refractivity contribution in [2.24, 2.45) is 0 Å². The van der Waals surface area contributed by atoms with Gasteiger partial charge in [0.05, 0.1) is 6.54 Å². The molecule has 0 bridgehead atoms. The summed E-state index contributed by atoms with van der Waals surface area (Å²) >= 11 is 8.47. The molecule has 1 heterocycles. The number of carbonyl (C=O) groups is 1. The number of thiophene rings is 1. The number of benzene rings is 1. The number of nitrogens with zero attached hydrogens (tertiary/aromatic N) is 1. The normalized spacial score (nSPS) is 10.5. The number of amides is 1. The molecule has 2 aromatic rings. The lowest BCUT2D eigenvalue weighted by Gasteiger charge is -2.16. The molecule has 1 amide bonds. The molecular weight excluding hydrogens is 390 g/mol. The van der Waals surface area contributed by atoms with E-state index in [9.17, 15) is 4.79 Å². The van der Waals surface area contributed by atoms with Crippen LogP contribution >= 0.6 is 43.2 Å². The molecule has 5 heteroatoms. The lowest BCUT2D eigenvalue weighted by Crippen LogP contribution is -2.25. The van der Waals surface area contributed by atoms with E-state index in [2.05, 4.69) is 31.9 Å². The van der Waals surface area contributed by atoms with E-state index in [1.54, 1.807) is 16.2 Å². The second-order valence-corrected chi connectivity index (χ2v) is 6.70. The maximum Gasteiger partial charge on any atom is 0.253 e. The minimum atomic E-state index is 0.0469. The third kappa shape index (κ3) is 3.91. The zero-order valence-electron chi connectivity index (χ0n) is 10.4. The zero-order valence-corrected chi connectivity index (χ0v) is 14.4. The van der Waals surface area contributed by atoms with Gasteiger partial charge in [0.15, 0.2) is 0 Å². The van der Waals surface area contributed by atoms with Crippen molar-refractivity contribution in [2.75, 3.05) is 7.05 Å². The van der Waals surface area contributed by atoms with Gasteiger partial charge >= 0.3 is 0 Å². The summed E-state index contributed by atoms with van der Waals surface area (Å²) in [6.07, 6.45) is 0. The average Bonchev–Trinajstić information content (AvgIpc) is 2.83. The van der Waals surface area contributed by atoms with Crippen LogP contribution in [0.1, 0.15) is 20.8 Å². The number of alkyl halides is 1. The standard InChI is InChI=1S/C14H13Br2NOS/c1-17(8-13-6-12(16)9-19-13)14(18)11-4-2-10(7-15)3-5-11/h2-6,9H,7-8H2,1H3. The molecule has 0 spiro atoms. The topological polar surface area (TPSA) is 20.3 Å². The predicted octanol–water partition coefficient (Wildman–Crippen LogP) is 4.68. The van der Waals surface area contributed by atoms with Crippen LogP contribution in [0.4, 0.5) is 0 Å². The van der Waals surface area contributed by atoms with Crippen LogP contribution in [0.5, 0.6) is 0 Å². The van der Waals surface area contributed by atoms with E-state index < -0.39 is 0 Å². The average molecular weight is 403 g/mol. The van der Waals surface area contributed by atoms with Gasteiger partial charge in [0.25, 0.3) is 5.91 Å². The second kappa shape index (κ2) is 6.68. The van der Waals surface area contributed by atoms with Crippen LogP contribution in [0.15, 0.2) is 40.2 Å². The van der Waals surface area contributed by atoms with Crippen molar-refractivity contribution in [2.45, 2.75) is 11.9 Å². The van der Waals surface area contributed by atoms with Gasteiger partial charge in [0, 0.05) is 32.7 Å². The highest BCUT2D eigenvalue weighted by Gasteiger charge is 2.12. The van der Waals surface area contributed by atoms with Crippen molar-refractivity contribution in [3.05, 3.63) is 56.2 Å². The Labute approximate surface area is 133 Å². The van der Waals surface area contributed by atoms with E-state index in [0.717, 1.165) is 15.4 Å². The SMILES string of the molecule is CN(Cc1cc(Br)cs1)C(=O)c1ccc(CBr)cc1. The zero-order chi connectivity index (χ0) is 13.8. The monoisotopic (exact) mass is 401 g/mol. The van der Waals surface area contributed by atoms with Gasteiger partial charge in [-0.1, -0.05) is 28.1 Å². The Morgan fingerprint density at radius 3 is 2.53 bits per heavy atom. The van der Waals surface area contributed by atoms with Gasteiger partial charge in [-0.15, -0.1) is 11.3 Å². The Balaban J connectivity index is 2.05. The summed E-state index contributed by atoms with van der Waals surface area (Å²) < 4.78 is 1.06. The summed E-state index contributed by atoms with van der Waals surface area (Å²) in [7, 11) is 1.83. The van der Waals surface area contributed by atoms with Gasteiger partial charge in [0.2, 0.25) is 0 Å². The van der Waals surface area contributed by atoms with Crippen LogP contribution in [0.2, 0.25) is 0 Å². The van der Waals surface area contributed by atoms with Crippen molar-refractivity contribution in [3.8, 4) is 0 Å². The second-order valence-electron chi connectivity index (χ2n) is 4.22. The Morgan fingerprint density at radius 1 is 1.32 bits per heavy atom. The van der Waals surface area contributed by atoms with E-state index in [1.807, 2.05) is 42.8 Å². The number of hydrogen-bond donors (Lipinski definition) is 0. The first-order valence-electron chi connectivity index (χ1n) is 5.73. The lowest BCUT2D eigenvalue weighted by atomic mass is 10.1. The minimum absolute atomic E-state index is 0.0469. The van der Waals surface area contributed by atoms with Gasteiger partial charge in [-0.25, -0.2) is 0 Å². The van der Waals surface area contributed by atoms with E-state index >= 15 is 0 Å². The van der Waals surface area contributed by atoms with Crippen LogP contribution in [-0.2, 0) is 11.9 Å². The Kier molecular flexibility index (Phi) is 5.19. The third-order valence-electron chi connectivity index (χ3n) is 2.72. The van der Waals surface area contributed by atoms with Crippen molar-refractivity contribution >= 4 is 49.1 Å². The van der Waals surface area contributed by atoms with Crippen LogP contribution in [0.3, 0.4) is 0 Å². The highest BCUT2D eigenvalue weighted by atomic mass is 79.9. The van der Waals surface area contributed by atoms with E-state index in [4.69, 9.17) is 0 Å². The smallest absolute Gasteiger partial charge is 0.253 e. The van der Waals surface area contributed by atoms with Gasteiger partial charge < -0.3 is 4.90 Å². The van der Waals surface area contributed by atoms with Crippen molar-refractivity contribution in [3.63, 3.8) is 0 Å². The first-order chi connectivity index (χ1) is 9.10. The van der Waals surface area contributed by atoms with Gasteiger partial charge in [-0.3, -0.25) is 4.79 Å². The molecule has 0 unspecified atom stereocenters.